The van der Waals surface area contributed by atoms with Crippen molar-refractivity contribution in [2.75, 3.05) is 0 Å². The smallest absolute Gasteiger partial charge is 0.411 e. The van der Waals surface area contributed by atoms with Crippen molar-refractivity contribution in [3.8, 4) is 0 Å². The number of rotatable bonds is 2. The van der Waals surface area contributed by atoms with Gasteiger partial charge in [-0.15, -0.1) is 0 Å². The first-order valence-corrected chi connectivity index (χ1v) is 8.36. The van der Waals surface area contributed by atoms with E-state index in [0.717, 1.165) is 6.55 Å². The van der Waals surface area contributed by atoms with E-state index in [1.807, 2.05) is 0 Å². The lowest BCUT2D eigenvalue weighted by Gasteiger charge is -2.20. The van der Waals surface area contributed by atoms with E-state index in [9.17, 15) is 8.22 Å². The molecule has 0 heterocycles. The summed E-state index contributed by atoms with van der Waals surface area (Å²) >= 11 is 0. The minimum Gasteiger partial charge on any atom is -0.411 e. The Kier molecular flexibility index (Phi) is 2.54. The lowest BCUT2D eigenvalue weighted by molar-refractivity contribution is 0.384. The fraction of sp³-hybridized carbons (Fsp3) is 1.00. The zero-order valence-electron chi connectivity index (χ0n) is 6.16. The van der Waals surface area contributed by atoms with Crippen LogP contribution in [0.25, 0.3) is 0 Å². The molecular weight excluding hydrogens is 158 g/mol. The maximum absolute atomic E-state index is 12.2. The van der Waals surface area contributed by atoms with Crippen LogP contribution in [-0.4, -0.2) is 17.3 Å². The van der Waals surface area contributed by atoms with Gasteiger partial charge in [0.15, 0.2) is 8.32 Å². The summed E-state index contributed by atoms with van der Waals surface area (Å²) in [5.74, 6) is 0. The summed E-state index contributed by atoms with van der Waals surface area (Å²) in [7, 11) is -6.21. The third-order valence-corrected chi connectivity index (χ3v) is 4.37. The highest BCUT2D eigenvalue weighted by Crippen LogP contribution is 2.15. The van der Waals surface area contributed by atoms with Crippen molar-refractivity contribution in [2.45, 2.75) is 26.2 Å². The second kappa shape index (κ2) is 2.47. The summed E-state index contributed by atoms with van der Waals surface area (Å²) in [6, 6.07) is 0. The van der Waals surface area contributed by atoms with E-state index in [4.69, 9.17) is 0 Å². The average molecular weight is 170 g/mol. The standard InChI is InChI=1S/C4H12F2OSi2/c1-8(2,3)7-9(4,5)6/h1-4H3. The zero-order valence-corrected chi connectivity index (χ0v) is 8.16. The molecule has 0 unspecified atom stereocenters. The Hall–Kier alpha value is 0.254. The van der Waals surface area contributed by atoms with E-state index in [1.165, 1.54) is 0 Å². The van der Waals surface area contributed by atoms with E-state index in [-0.39, 0.29) is 0 Å². The van der Waals surface area contributed by atoms with Crippen LogP contribution < -0.4 is 0 Å². The largest absolute Gasteiger partial charge is 0.564 e. The highest BCUT2D eigenvalue weighted by molar-refractivity contribution is 6.79. The van der Waals surface area contributed by atoms with Gasteiger partial charge in [0.25, 0.3) is 0 Å². The molecule has 0 radical (unpaired) electrons. The van der Waals surface area contributed by atoms with Gasteiger partial charge in [0, 0.05) is 6.55 Å². The summed E-state index contributed by atoms with van der Waals surface area (Å²) in [6.45, 7) is 6.19. The molecule has 0 aromatic rings. The van der Waals surface area contributed by atoms with Crippen molar-refractivity contribution < 1.29 is 12.3 Å². The van der Waals surface area contributed by atoms with Crippen molar-refractivity contribution >= 4 is 17.3 Å². The first-order chi connectivity index (χ1) is 3.71. The second-order valence-corrected chi connectivity index (χ2v) is 9.68. The quantitative estimate of drug-likeness (QED) is 0.456. The monoisotopic (exact) mass is 170 g/mol. The molecule has 56 valence electrons. The molecule has 0 fully saturated rings. The molecule has 9 heavy (non-hydrogen) atoms. The first-order valence-electron chi connectivity index (χ1n) is 2.79. The van der Waals surface area contributed by atoms with Gasteiger partial charge in [0.2, 0.25) is 0 Å². The molecule has 0 aromatic heterocycles. The minimum absolute atomic E-state index is 0.908. The molecule has 0 bridgehead atoms. The molecule has 0 aliphatic heterocycles. The lowest BCUT2D eigenvalue weighted by atomic mass is 11.8. The van der Waals surface area contributed by atoms with Gasteiger partial charge in [-0.1, -0.05) is 0 Å². The molecule has 0 amide bonds. The molecule has 0 N–H and O–H groups in total. The molecular formula is C4H12F2OSi2. The van der Waals surface area contributed by atoms with E-state index >= 15 is 0 Å². The topological polar surface area (TPSA) is 9.23 Å². The summed E-state index contributed by atoms with van der Waals surface area (Å²) in [4.78, 5) is 0. The Balaban J connectivity index is 3.75. The predicted octanol–water partition coefficient (Wildman–Crippen LogP) is 2.35. The molecule has 0 aromatic carbocycles. The first kappa shape index (κ1) is 9.25. The molecule has 0 aliphatic rings. The molecule has 0 spiro atoms. The molecule has 0 saturated heterocycles. The van der Waals surface area contributed by atoms with Crippen LogP contribution in [0.2, 0.25) is 26.2 Å². The van der Waals surface area contributed by atoms with E-state index in [0.29, 0.717) is 0 Å². The van der Waals surface area contributed by atoms with Crippen LogP contribution in [0, 0.1) is 0 Å². The molecule has 0 atom stereocenters. The summed E-state index contributed by atoms with van der Waals surface area (Å²) in [6.07, 6.45) is 0. The fourth-order valence-electron chi connectivity index (χ4n) is 0.538. The van der Waals surface area contributed by atoms with Crippen molar-refractivity contribution in [2.24, 2.45) is 0 Å². The Morgan fingerprint density at radius 3 is 1.33 bits per heavy atom. The van der Waals surface area contributed by atoms with Gasteiger partial charge >= 0.3 is 8.99 Å². The van der Waals surface area contributed by atoms with Gasteiger partial charge in [-0.3, -0.25) is 0 Å². The number of hydrogen-bond donors (Lipinski definition) is 0. The Morgan fingerprint density at radius 1 is 1.00 bits per heavy atom. The maximum atomic E-state index is 12.2. The van der Waals surface area contributed by atoms with Gasteiger partial charge in [0.1, 0.15) is 0 Å². The molecule has 0 rings (SSSR count). The molecule has 0 aliphatic carbocycles. The maximum Gasteiger partial charge on any atom is 0.564 e. The highest BCUT2D eigenvalue weighted by atomic mass is 28.5. The van der Waals surface area contributed by atoms with Crippen LogP contribution in [0.5, 0.6) is 0 Å². The van der Waals surface area contributed by atoms with E-state index in [2.05, 4.69) is 4.12 Å². The van der Waals surface area contributed by atoms with Crippen LogP contribution in [-0.2, 0) is 4.12 Å². The minimum atomic E-state index is -4.23. The highest BCUT2D eigenvalue weighted by Gasteiger charge is 2.36. The Morgan fingerprint density at radius 2 is 1.33 bits per heavy atom. The zero-order chi connectivity index (χ0) is 7.71. The van der Waals surface area contributed by atoms with E-state index < -0.39 is 17.3 Å². The summed E-state index contributed by atoms with van der Waals surface area (Å²) in [5, 5.41) is 0. The Labute approximate surface area is 56.6 Å². The number of hydrogen-bond acceptors (Lipinski definition) is 1. The second-order valence-electron chi connectivity index (χ2n) is 3.02. The average Bonchev–Trinajstić information content (AvgIpc) is 1.14. The lowest BCUT2D eigenvalue weighted by Crippen LogP contribution is -2.38. The molecule has 5 heteroatoms. The SMILES string of the molecule is C[Si](C)(C)O[Si](C)(F)F. The van der Waals surface area contributed by atoms with Gasteiger partial charge < -0.3 is 4.12 Å². The van der Waals surface area contributed by atoms with Crippen molar-refractivity contribution in [3.05, 3.63) is 0 Å². The van der Waals surface area contributed by atoms with Crippen LogP contribution in [0.3, 0.4) is 0 Å². The molecule has 0 saturated carbocycles. The van der Waals surface area contributed by atoms with Crippen LogP contribution in [0.15, 0.2) is 0 Å². The van der Waals surface area contributed by atoms with Crippen LogP contribution in [0.4, 0.5) is 8.22 Å². The Bertz CT molecular complexity index is 81.7. The fourth-order valence-corrected chi connectivity index (χ4v) is 4.84. The van der Waals surface area contributed by atoms with Gasteiger partial charge in [-0.2, -0.15) is 0 Å². The van der Waals surface area contributed by atoms with Crippen molar-refractivity contribution in [1.29, 1.82) is 0 Å². The van der Waals surface area contributed by atoms with Gasteiger partial charge in [0.05, 0.1) is 0 Å². The third kappa shape index (κ3) is 8.25. The normalized spacial score (nSPS) is 14.0. The third-order valence-electron chi connectivity index (χ3n) is 0.485. The number of halogens is 2. The van der Waals surface area contributed by atoms with Gasteiger partial charge in [-0.05, 0) is 19.6 Å². The van der Waals surface area contributed by atoms with E-state index in [1.54, 1.807) is 19.6 Å². The summed E-state index contributed by atoms with van der Waals surface area (Å²) < 4.78 is 28.9. The summed E-state index contributed by atoms with van der Waals surface area (Å²) in [5.41, 5.74) is 0. The van der Waals surface area contributed by atoms with Crippen LogP contribution in [0.1, 0.15) is 0 Å². The van der Waals surface area contributed by atoms with Crippen LogP contribution >= 0.6 is 0 Å². The van der Waals surface area contributed by atoms with Crippen molar-refractivity contribution in [3.63, 3.8) is 0 Å². The predicted molar refractivity (Wildman–Crippen MR) is 38.3 cm³/mol. The van der Waals surface area contributed by atoms with Gasteiger partial charge in [-0.25, -0.2) is 8.22 Å². The van der Waals surface area contributed by atoms with Crippen molar-refractivity contribution in [1.82, 2.24) is 0 Å². The molecule has 1 nitrogen and oxygen atoms in total.